The van der Waals surface area contributed by atoms with Gasteiger partial charge in [0.15, 0.2) is 24.6 Å². The molecule has 0 aromatic heterocycles. The maximum absolute atomic E-state index is 11.4. The fourth-order valence-corrected chi connectivity index (χ4v) is 2.80. The largest absolute Gasteiger partial charge is 0.463 e. The molecule has 0 aromatic carbocycles. The van der Waals surface area contributed by atoms with Crippen LogP contribution in [0.25, 0.3) is 0 Å². The molecule has 0 amide bonds. The van der Waals surface area contributed by atoms with Gasteiger partial charge in [-0.2, -0.15) is 8.42 Å². The topological polar surface area (TPSA) is 152 Å². The molecule has 1 saturated heterocycles. The number of ether oxygens (including phenoxy) is 4. The highest BCUT2D eigenvalue weighted by atomic mass is 32.2. The number of hydrogen-bond donors (Lipinski definition) is 1. The molecular formula is C13H20O11S. The maximum Gasteiger partial charge on any atom is 0.303 e. The zero-order chi connectivity index (χ0) is 19.4. The van der Waals surface area contributed by atoms with E-state index in [9.17, 15) is 27.9 Å². The van der Waals surface area contributed by atoms with Gasteiger partial charge in [0.1, 0.15) is 12.7 Å². The third kappa shape index (κ3) is 6.94. The van der Waals surface area contributed by atoms with E-state index in [0.717, 1.165) is 27.0 Å². The van der Waals surface area contributed by atoms with Gasteiger partial charge in [0, 0.05) is 20.8 Å². The summed E-state index contributed by atoms with van der Waals surface area (Å²) in [6.07, 6.45) is -6.93. The third-order valence-corrected chi connectivity index (χ3v) is 3.52. The molecule has 5 atom stereocenters. The monoisotopic (exact) mass is 384 g/mol. The van der Waals surface area contributed by atoms with Crippen molar-refractivity contribution in [1.82, 2.24) is 0 Å². The second-order valence-electron chi connectivity index (χ2n) is 5.28. The molecule has 11 nitrogen and oxygen atoms in total. The first-order chi connectivity index (χ1) is 11.4. The lowest BCUT2D eigenvalue weighted by Crippen LogP contribution is -2.62. The smallest absolute Gasteiger partial charge is 0.303 e. The summed E-state index contributed by atoms with van der Waals surface area (Å²) >= 11 is 0. The Morgan fingerprint density at radius 1 is 0.960 bits per heavy atom. The number of hydrogen-bond acceptors (Lipinski definition) is 11. The highest BCUT2D eigenvalue weighted by Crippen LogP contribution is 2.28. The molecule has 0 aromatic rings. The summed E-state index contributed by atoms with van der Waals surface area (Å²) < 4.78 is 47.4. The Morgan fingerprint density at radius 3 is 1.92 bits per heavy atom. The van der Waals surface area contributed by atoms with Gasteiger partial charge in [-0.3, -0.25) is 18.6 Å². The first-order valence-electron chi connectivity index (χ1n) is 7.10. The van der Waals surface area contributed by atoms with Gasteiger partial charge in [0.25, 0.3) is 10.1 Å². The van der Waals surface area contributed by atoms with Crippen molar-refractivity contribution in [3.8, 4) is 0 Å². The quantitative estimate of drug-likeness (QED) is 0.323. The van der Waals surface area contributed by atoms with Gasteiger partial charge in [0.2, 0.25) is 0 Å². The average Bonchev–Trinajstić information content (AvgIpc) is 2.41. The number of esters is 3. The first kappa shape index (κ1) is 21.3. The Morgan fingerprint density at radius 2 is 1.48 bits per heavy atom. The van der Waals surface area contributed by atoms with Gasteiger partial charge in [-0.05, 0) is 0 Å². The number of rotatable bonds is 6. The molecular weight excluding hydrogens is 364 g/mol. The second-order valence-corrected chi connectivity index (χ2v) is 6.88. The summed E-state index contributed by atoms with van der Waals surface area (Å²) in [6.45, 7) is 2.78. The Labute approximate surface area is 144 Å². The van der Waals surface area contributed by atoms with Crippen LogP contribution in [0, 0.1) is 0 Å². The zero-order valence-electron chi connectivity index (χ0n) is 14.0. The van der Waals surface area contributed by atoms with Crippen molar-refractivity contribution in [3.63, 3.8) is 0 Å². The van der Waals surface area contributed by atoms with E-state index >= 15 is 0 Å². The molecule has 0 aliphatic carbocycles. The summed E-state index contributed by atoms with van der Waals surface area (Å²) in [5.74, 6) is -2.31. The second kappa shape index (κ2) is 8.56. The van der Waals surface area contributed by atoms with E-state index in [1.807, 2.05) is 0 Å². The molecule has 1 unspecified atom stereocenters. The van der Waals surface area contributed by atoms with Crippen LogP contribution in [0.4, 0.5) is 0 Å². The number of carbonyl (C=O) groups is 3. The highest BCUT2D eigenvalue weighted by Gasteiger charge is 2.51. The van der Waals surface area contributed by atoms with Gasteiger partial charge in [-0.1, -0.05) is 0 Å². The standard InChI is InChI=1S/C13H20O11S/c1-6(14)20-5-9-10(21-7(2)15)11(22-8(3)16)12(13(17)23-9)24-25(4,18)19/h9-13,17H,5H2,1-4H3/t9?,10-,11-,12+,13+/m1/s1. The van der Waals surface area contributed by atoms with Crippen LogP contribution in [0.15, 0.2) is 0 Å². The van der Waals surface area contributed by atoms with E-state index in [-0.39, 0.29) is 0 Å². The summed E-state index contributed by atoms with van der Waals surface area (Å²) in [5.41, 5.74) is 0. The van der Waals surface area contributed by atoms with Crippen molar-refractivity contribution in [3.05, 3.63) is 0 Å². The minimum absolute atomic E-state index is 0.437. The van der Waals surface area contributed by atoms with E-state index < -0.39 is 65.3 Å². The van der Waals surface area contributed by atoms with Crippen LogP contribution in [-0.4, -0.2) is 75.0 Å². The SMILES string of the molecule is CC(=O)OCC1O[C@H](O)[C@@H](OS(C)(=O)=O)[C@H](OC(C)=O)[C@@H]1OC(C)=O. The van der Waals surface area contributed by atoms with E-state index in [4.69, 9.17) is 23.1 Å². The molecule has 12 heteroatoms. The molecule has 1 fully saturated rings. The normalized spacial score (nSPS) is 29.6. The third-order valence-electron chi connectivity index (χ3n) is 2.95. The van der Waals surface area contributed by atoms with E-state index in [0.29, 0.717) is 0 Å². The van der Waals surface area contributed by atoms with Crippen molar-refractivity contribution in [2.75, 3.05) is 12.9 Å². The lowest BCUT2D eigenvalue weighted by Gasteiger charge is -2.42. The van der Waals surface area contributed by atoms with Gasteiger partial charge in [-0.25, -0.2) is 0 Å². The van der Waals surface area contributed by atoms with E-state index in [1.165, 1.54) is 0 Å². The maximum atomic E-state index is 11.4. The number of aliphatic hydroxyl groups is 1. The minimum Gasteiger partial charge on any atom is -0.463 e. The highest BCUT2D eigenvalue weighted by molar-refractivity contribution is 7.86. The Bertz CT molecular complexity index is 613. The fourth-order valence-electron chi connectivity index (χ4n) is 2.19. The van der Waals surface area contributed by atoms with E-state index in [2.05, 4.69) is 0 Å². The van der Waals surface area contributed by atoms with Gasteiger partial charge < -0.3 is 24.1 Å². The Balaban J connectivity index is 3.18. The molecule has 0 saturated carbocycles. The lowest BCUT2D eigenvalue weighted by atomic mass is 9.98. The summed E-state index contributed by atoms with van der Waals surface area (Å²) in [4.78, 5) is 33.7. The molecule has 25 heavy (non-hydrogen) atoms. The van der Waals surface area contributed by atoms with Crippen LogP contribution in [0.3, 0.4) is 0 Å². The van der Waals surface area contributed by atoms with Gasteiger partial charge in [0.05, 0.1) is 6.26 Å². The average molecular weight is 384 g/mol. The number of carbonyl (C=O) groups excluding carboxylic acids is 3. The van der Waals surface area contributed by atoms with Crippen LogP contribution >= 0.6 is 0 Å². The molecule has 1 rings (SSSR count). The van der Waals surface area contributed by atoms with Crippen LogP contribution in [0.1, 0.15) is 20.8 Å². The van der Waals surface area contributed by atoms with Crippen LogP contribution < -0.4 is 0 Å². The van der Waals surface area contributed by atoms with Crippen LogP contribution in [0.2, 0.25) is 0 Å². The lowest BCUT2D eigenvalue weighted by molar-refractivity contribution is -0.287. The summed E-state index contributed by atoms with van der Waals surface area (Å²) in [6, 6.07) is 0. The van der Waals surface area contributed by atoms with Crippen molar-refractivity contribution in [1.29, 1.82) is 0 Å². The minimum atomic E-state index is -4.08. The van der Waals surface area contributed by atoms with Crippen LogP contribution in [-0.2, 0) is 47.6 Å². The molecule has 1 aliphatic heterocycles. The van der Waals surface area contributed by atoms with E-state index in [1.54, 1.807) is 0 Å². The fraction of sp³-hybridized carbons (Fsp3) is 0.769. The van der Waals surface area contributed by atoms with Crippen molar-refractivity contribution < 1.29 is 51.0 Å². The molecule has 1 aliphatic rings. The summed E-state index contributed by atoms with van der Waals surface area (Å²) in [5, 5.41) is 10.0. The molecule has 0 spiro atoms. The van der Waals surface area contributed by atoms with Crippen molar-refractivity contribution >= 4 is 28.0 Å². The summed E-state index contributed by atoms with van der Waals surface area (Å²) in [7, 11) is -4.08. The molecule has 144 valence electrons. The van der Waals surface area contributed by atoms with Gasteiger partial charge in [-0.15, -0.1) is 0 Å². The van der Waals surface area contributed by atoms with Gasteiger partial charge >= 0.3 is 17.9 Å². The predicted molar refractivity (Wildman–Crippen MR) is 78.3 cm³/mol. The Hall–Kier alpha value is -1.76. The van der Waals surface area contributed by atoms with Crippen molar-refractivity contribution in [2.45, 2.75) is 51.5 Å². The number of aliphatic hydroxyl groups excluding tert-OH is 1. The Kier molecular flexibility index (Phi) is 7.29. The molecule has 0 bridgehead atoms. The predicted octanol–water partition coefficient (Wildman–Crippen LogP) is -1.53. The zero-order valence-corrected chi connectivity index (χ0v) is 14.8. The molecule has 1 heterocycles. The van der Waals surface area contributed by atoms with Crippen molar-refractivity contribution in [2.24, 2.45) is 0 Å². The van der Waals surface area contributed by atoms with Crippen LogP contribution in [0.5, 0.6) is 0 Å². The molecule has 1 N–H and O–H groups in total. The molecule has 0 radical (unpaired) electrons. The first-order valence-corrected chi connectivity index (χ1v) is 8.92.